The molecule has 0 bridgehead atoms. The van der Waals surface area contributed by atoms with Crippen LogP contribution in [0.15, 0.2) is 60.2 Å². The standard InChI is InChI=1S/C19H16O4/c1-23-19(22)17(11-14-7-9-15(13-20)10-8-14)12-18(21)16-5-3-2-4-6-16/h2-11,13H,12H2,1H3/b17-11+. The van der Waals surface area contributed by atoms with Gasteiger partial charge in [-0.2, -0.15) is 0 Å². The first kappa shape index (κ1) is 16.4. The quantitative estimate of drug-likeness (QED) is 0.355. The lowest BCUT2D eigenvalue weighted by Crippen LogP contribution is -2.10. The topological polar surface area (TPSA) is 60.4 Å². The normalized spacial score (nSPS) is 10.9. The van der Waals surface area contributed by atoms with Crippen LogP contribution in [0.2, 0.25) is 0 Å². The molecular weight excluding hydrogens is 292 g/mol. The van der Waals surface area contributed by atoms with Gasteiger partial charge in [0.1, 0.15) is 6.29 Å². The van der Waals surface area contributed by atoms with Gasteiger partial charge >= 0.3 is 5.97 Å². The van der Waals surface area contributed by atoms with Crippen molar-refractivity contribution in [3.63, 3.8) is 0 Å². The van der Waals surface area contributed by atoms with Crippen LogP contribution in [-0.4, -0.2) is 25.1 Å². The van der Waals surface area contributed by atoms with E-state index in [2.05, 4.69) is 0 Å². The first-order valence-corrected chi connectivity index (χ1v) is 7.06. The van der Waals surface area contributed by atoms with Crippen molar-refractivity contribution in [2.45, 2.75) is 6.42 Å². The van der Waals surface area contributed by atoms with Crippen LogP contribution in [0.1, 0.15) is 32.7 Å². The molecule has 0 saturated carbocycles. The fourth-order valence-electron chi connectivity index (χ4n) is 2.08. The Hall–Kier alpha value is -3.01. The van der Waals surface area contributed by atoms with Crippen molar-refractivity contribution in [2.75, 3.05) is 7.11 Å². The molecule has 0 atom stereocenters. The fraction of sp³-hybridized carbons (Fsp3) is 0.105. The average molecular weight is 308 g/mol. The van der Waals surface area contributed by atoms with Crippen LogP contribution in [0.4, 0.5) is 0 Å². The Labute approximate surface area is 134 Å². The molecule has 0 fully saturated rings. The van der Waals surface area contributed by atoms with Gasteiger partial charge in [-0.15, -0.1) is 0 Å². The molecule has 0 heterocycles. The summed E-state index contributed by atoms with van der Waals surface area (Å²) in [5, 5.41) is 0. The molecule has 0 amide bonds. The van der Waals surface area contributed by atoms with Gasteiger partial charge in [-0.3, -0.25) is 9.59 Å². The zero-order valence-corrected chi connectivity index (χ0v) is 12.7. The van der Waals surface area contributed by atoms with Gasteiger partial charge in [-0.25, -0.2) is 4.79 Å². The Kier molecular flexibility index (Phi) is 5.58. The highest BCUT2D eigenvalue weighted by Crippen LogP contribution is 2.15. The van der Waals surface area contributed by atoms with Crippen molar-refractivity contribution in [3.8, 4) is 0 Å². The van der Waals surface area contributed by atoms with E-state index in [9.17, 15) is 14.4 Å². The van der Waals surface area contributed by atoms with Crippen LogP contribution >= 0.6 is 0 Å². The molecular formula is C19H16O4. The summed E-state index contributed by atoms with van der Waals surface area (Å²) in [6.45, 7) is 0. The predicted molar refractivity (Wildman–Crippen MR) is 87.2 cm³/mol. The number of methoxy groups -OCH3 is 1. The summed E-state index contributed by atoms with van der Waals surface area (Å²) in [6, 6.07) is 15.5. The molecule has 0 aliphatic heterocycles. The summed E-state index contributed by atoms with van der Waals surface area (Å²) in [7, 11) is 1.28. The molecule has 4 heteroatoms. The maximum atomic E-state index is 12.3. The maximum Gasteiger partial charge on any atom is 0.334 e. The zero-order valence-electron chi connectivity index (χ0n) is 12.7. The molecule has 2 rings (SSSR count). The van der Waals surface area contributed by atoms with E-state index in [0.29, 0.717) is 11.1 Å². The highest BCUT2D eigenvalue weighted by Gasteiger charge is 2.15. The van der Waals surface area contributed by atoms with Gasteiger partial charge < -0.3 is 4.74 Å². The Morgan fingerprint density at radius 2 is 1.57 bits per heavy atom. The van der Waals surface area contributed by atoms with Crippen molar-refractivity contribution in [1.29, 1.82) is 0 Å². The van der Waals surface area contributed by atoms with E-state index in [-0.39, 0.29) is 17.8 Å². The molecule has 0 aromatic heterocycles. The number of Topliss-reactive ketones (excluding diaryl/α,β-unsaturated/α-hetero) is 1. The number of rotatable bonds is 6. The lowest BCUT2D eigenvalue weighted by atomic mass is 10.0. The lowest BCUT2D eigenvalue weighted by Gasteiger charge is -2.06. The molecule has 0 spiro atoms. The molecule has 4 nitrogen and oxygen atoms in total. The van der Waals surface area contributed by atoms with Crippen molar-refractivity contribution in [2.24, 2.45) is 0 Å². The van der Waals surface area contributed by atoms with Gasteiger partial charge in [0.15, 0.2) is 5.78 Å². The first-order valence-electron chi connectivity index (χ1n) is 7.06. The van der Waals surface area contributed by atoms with E-state index in [1.165, 1.54) is 7.11 Å². The summed E-state index contributed by atoms with van der Waals surface area (Å²) < 4.78 is 4.75. The average Bonchev–Trinajstić information content (AvgIpc) is 2.61. The smallest absolute Gasteiger partial charge is 0.334 e. The van der Waals surface area contributed by atoms with Crippen LogP contribution in [0.5, 0.6) is 0 Å². The van der Waals surface area contributed by atoms with Crippen LogP contribution in [0.3, 0.4) is 0 Å². The maximum absolute atomic E-state index is 12.3. The van der Waals surface area contributed by atoms with E-state index in [1.54, 1.807) is 54.6 Å². The van der Waals surface area contributed by atoms with Crippen molar-refractivity contribution in [1.82, 2.24) is 0 Å². The Morgan fingerprint density at radius 3 is 2.13 bits per heavy atom. The highest BCUT2D eigenvalue weighted by atomic mass is 16.5. The number of carbonyl (C=O) groups excluding carboxylic acids is 3. The Balaban J connectivity index is 2.25. The number of carbonyl (C=O) groups is 3. The molecule has 23 heavy (non-hydrogen) atoms. The number of hydrogen-bond donors (Lipinski definition) is 0. The molecule has 0 aliphatic rings. The third-order valence-electron chi connectivity index (χ3n) is 3.31. The number of benzene rings is 2. The second-order valence-corrected chi connectivity index (χ2v) is 4.91. The van der Waals surface area contributed by atoms with E-state index in [0.717, 1.165) is 11.8 Å². The second kappa shape index (κ2) is 7.84. The van der Waals surface area contributed by atoms with Crippen LogP contribution in [-0.2, 0) is 9.53 Å². The summed E-state index contributed by atoms with van der Waals surface area (Å²) in [6.07, 6.45) is 2.29. The van der Waals surface area contributed by atoms with Crippen molar-refractivity contribution < 1.29 is 19.1 Å². The lowest BCUT2D eigenvalue weighted by molar-refractivity contribution is -0.136. The van der Waals surface area contributed by atoms with Gasteiger partial charge in [0.25, 0.3) is 0 Å². The molecule has 0 N–H and O–H groups in total. The predicted octanol–water partition coefficient (Wildman–Crippen LogP) is 3.33. The van der Waals surface area contributed by atoms with E-state index < -0.39 is 5.97 Å². The van der Waals surface area contributed by atoms with Gasteiger partial charge in [0, 0.05) is 23.1 Å². The van der Waals surface area contributed by atoms with Gasteiger partial charge in [0.05, 0.1) is 7.11 Å². The molecule has 0 aliphatic carbocycles. The molecule has 2 aromatic carbocycles. The number of esters is 1. The van der Waals surface area contributed by atoms with E-state index in [1.807, 2.05) is 6.07 Å². The van der Waals surface area contributed by atoms with Gasteiger partial charge in [-0.05, 0) is 11.6 Å². The minimum atomic E-state index is -0.547. The Bertz CT molecular complexity index is 728. The zero-order chi connectivity index (χ0) is 16.7. The molecule has 0 unspecified atom stereocenters. The highest BCUT2D eigenvalue weighted by molar-refractivity contribution is 6.05. The first-order chi connectivity index (χ1) is 11.1. The number of aldehydes is 1. The molecule has 0 saturated heterocycles. The molecule has 2 aromatic rings. The van der Waals surface area contributed by atoms with Gasteiger partial charge in [-0.1, -0.05) is 54.6 Å². The van der Waals surface area contributed by atoms with Crippen molar-refractivity contribution >= 4 is 24.1 Å². The number of hydrogen-bond acceptors (Lipinski definition) is 4. The third-order valence-corrected chi connectivity index (χ3v) is 3.31. The van der Waals surface area contributed by atoms with Crippen LogP contribution in [0, 0.1) is 0 Å². The summed E-state index contributed by atoms with van der Waals surface area (Å²) >= 11 is 0. The number of ether oxygens (including phenoxy) is 1. The minimum Gasteiger partial charge on any atom is -0.466 e. The van der Waals surface area contributed by atoms with E-state index in [4.69, 9.17) is 4.74 Å². The summed E-state index contributed by atoms with van der Waals surface area (Å²) in [5.41, 5.74) is 2.07. The van der Waals surface area contributed by atoms with Crippen LogP contribution < -0.4 is 0 Å². The minimum absolute atomic E-state index is 0.0495. The SMILES string of the molecule is COC(=O)/C(=C/c1ccc(C=O)cc1)CC(=O)c1ccccc1. The third kappa shape index (κ3) is 4.48. The van der Waals surface area contributed by atoms with E-state index >= 15 is 0 Å². The monoisotopic (exact) mass is 308 g/mol. The number of ketones is 1. The fourth-order valence-corrected chi connectivity index (χ4v) is 2.08. The van der Waals surface area contributed by atoms with Crippen LogP contribution in [0.25, 0.3) is 6.08 Å². The Morgan fingerprint density at radius 1 is 0.957 bits per heavy atom. The summed E-state index contributed by atoms with van der Waals surface area (Å²) in [4.78, 5) is 34.8. The molecule has 116 valence electrons. The molecule has 0 radical (unpaired) electrons. The van der Waals surface area contributed by atoms with Gasteiger partial charge in [0.2, 0.25) is 0 Å². The largest absolute Gasteiger partial charge is 0.466 e. The van der Waals surface area contributed by atoms with Crippen molar-refractivity contribution in [3.05, 3.63) is 76.9 Å². The second-order valence-electron chi connectivity index (χ2n) is 4.91. The summed E-state index contributed by atoms with van der Waals surface area (Å²) in [5.74, 6) is -0.708.